The fraction of sp³-hybridized carbons (Fsp3) is 0.556. The molecule has 94 valence electrons. The van der Waals surface area contributed by atoms with Gasteiger partial charge in [0.05, 0.1) is 11.4 Å². The van der Waals surface area contributed by atoms with Crippen molar-refractivity contribution in [1.29, 1.82) is 0 Å². The third-order valence-corrected chi connectivity index (χ3v) is 1.91. The summed E-state index contributed by atoms with van der Waals surface area (Å²) < 4.78 is 31.2. The van der Waals surface area contributed by atoms with Crippen LogP contribution in [0.2, 0.25) is 0 Å². The SMILES string of the molecule is Cc1nnc2c(n1)CCNC2.O=CC(F)(F)F. The Balaban J connectivity index is 0.000000209. The molecule has 0 radical (unpaired) electrons. The number of hydrogen-bond acceptors (Lipinski definition) is 5. The normalized spacial score (nSPS) is 14.4. The molecule has 17 heavy (non-hydrogen) atoms. The number of carbonyl (C=O) groups is 1. The first kappa shape index (κ1) is 13.5. The summed E-state index contributed by atoms with van der Waals surface area (Å²) in [4.78, 5) is 13.0. The molecule has 0 unspecified atom stereocenters. The number of halogens is 3. The van der Waals surface area contributed by atoms with Gasteiger partial charge in [-0.2, -0.15) is 18.3 Å². The first-order valence-electron chi connectivity index (χ1n) is 4.85. The molecule has 0 fully saturated rings. The van der Waals surface area contributed by atoms with E-state index in [0.29, 0.717) is 0 Å². The van der Waals surface area contributed by atoms with E-state index >= 15 is 0 Å². The molecule has 1 aromatic rings. The third kappa shape index (κ3) is 4.85. The number of nitrogens with zero attached hydrogens (tertiary/aromatic N) is 3. The second kappa shape index (κ2) is 5.67. The third-order valence-electron chi connectivity index (χ3n) is 1.91. The van der Waals surface area contributed by atoms with Gasteiger partial charge in [0.25, 0.3) is 0 Å². The number of carbonyl (C=O) groups excluding carboxylic acids is 1. The standard InChI is InChI=1S/C7H10N4.C2HF3O/c1-5-9-6-2-3-8-4-7(6)11-10-5;3-2(4,5)1-6/h8H,2-4H2,1H3;1H. The Morgan fingerprint density at radius 3 is 2.53 bits per heavy atom. The first-order chi connectivity index (χ1) is 7.92. The van der Waals surface area contributed by atoms with Crippen LogP contribution in [0.5, 0.6) is 0 Å². The number of aromatic nitrogens is 3. The smallest absolute Gasteiger partial charge is 0.311 e. The Labute approximate surface area is 95.5 Å². The van der Waals surface area contributed by atoms with Gasteiger partial charge < -0.3 is 5.32 Å². The van der Waals surface area contributed by atoms with Crippen LogP contribution >= 0.6 is 0 Å². The van der Waals surface area contributed by atoms with E-state index in [1.807, 2.05) is 6.92 Å². The van der Waals surface area contributed by atoms with Gasteiger partial charge in [0, 0.05) is 19.5 Å². The molecule has 1 N–H and O–H groups in total. The summed E-state index contributed by atoms with van der Waals surface area (Å²) in [5.74, 6) is 0.769. The first-order valence-corrected chi connectivity index (χ1v) is 4.85. The summed E-state index contributed by atoms with van der Waals surface area (Å²) in [6, 6.07) is 0. The maximum Gasteiger partial charge on any atom is 0.446 e. The largest absolute Gasteiger partial charge is 0.446 e. The molecule has 1 aliphatic heterocycles. The van der Waals surface area contributed by atoms with E-state index in [2.05, 4.69) is 20.5 Å². The van der Waals surface area contributed by atoms with E-state index in [4.69, 9.17) is 4.79 Å². The average molecular weight is 248 g/mol. The Kier molecular flexibility index (Phi) is 4.50. The van der Waals surface area contributed by atoms with Gasteiger partial charge in [-0.05, 0) is 6.92 Å². The molecule has 2 heterocycles. The molecule has 0 amide bonds. The van der Waals surface area contributed by atoms with Gasteiger partial charge in [-0.3, -0.25) is 4.79 Å². The minimum atomic E-state index is -4.64. The Morgan fingerprint density at radius 1 is 1.29 bits per heavy atom. The van der Waals surface area contributed by atoms with Gasteiger partial charge in [0.1, 0.15) is 5.82 Å². The lowest BCUT2D eigenvalue weighted by molar-refractivity contribution is -0.156. The quantitative estimate of drug-likeness (QED) is 0.680. The molecule has 8 heteroatoms. The fourth-order valence-electron chi connectivity index (χ4n) is 1.22. The van der Waals surface area contributed by atoms with Crippen molar-refractivity contribution in [3.63, 3.8) is 0 Å². The zero-order valence-electron chi connectivity index (χ0n) is 9.08. The van der Waals surface area contributed by atoms with Crippen LogP contribution in [0.3, 0.4) is 0 Å². The molecule has 0 bridgehead atoms. The monoisotopic (exact) mass is 248 g/mol. The summed E-state index contributed by atoms with van der Waals surface area (Å²) in [5.41, 5.74) is 2.11. The number of aryl methyl sites for hydroxylation is 1. The van der Waals surface area contributed by atoms with E-state index in [1.165, 1.54) is 0 Å². The fourth-order valence-corrected chi connectivity index (χ4v) is 1.22. The predicted octanol–water partition coefficient (Wildman–Crippen LogP) is 0.573. The number of rotatable bonds is 0. The van der Waals surface area contributed by atoms with E-state index in [0.717, 1.165) is 36.7 Å². The molecule has 1 aromatic heterocycles. The molecule has 0 saturated carbocycles. The number of alkyl halides is 3. The highest BCUT2D eigenvalue weighted by Gasteiger charge is 2.24. The molecule has 0 saturated heterocycles. The zero-order chi connectivity index (χ0) is 12.9. The van der Waals surface area contributed by atoms with Crippen molar-refractivity contribution >= 4 is 6.29 Å². The highest BCUT2D eigenvalue weighted by atomic mass is 19.4. The van der Waals surface area contributed by atoms with Crippen molar-refractivity contribution < 1.29 is 18.0 Å². The summed E-state index contributed by atoms with van der Waals surface area (Å²) in [6.45, 7) is 3.69. The van der Waals surface area contributed by atoms with Gasteiger partial charge in [-0.15, -0.1) is 5.10 Å². The van der Waals surface area contributed by atoms with Crippen LogP contribution in [-0.2, 0) is 17.8 Å². The van der Waals surface area contributed by atoms with Crippen LogP contribution in [0.4, 0.5) is 13.2 Å². The molecule has 0 aromatic carbocycles. The van der Waals surface area contributed by atoms with Crippen molar-refractivity contribution in [3.05, 3.63) is 17.2 Å². The van der Waals surface area contributed by atoms with Gasteiger partial charge in [0.2, 0.25) is 6.29 Å². The highest BCUT2D eigenvalue weighted by Crippen LogP contribution is 2.08. The number of nitrogens with one attached hydrogen (secondary N) is 1. The van der Waals surface area contributed by atoms with Crippen molar-refractivity contribution in [3.8, 4) is 0 Å². The van der Waals surface area contributed by atoms with Crippen LogP contribution in [0, 0.1) is 6.92 Å². The molecular formula is C9H11F3N4O. The Bertz CT molecular complexity index is 394. The summed E-state index contributed by atoms with van der Waals surface area (Å²) in [5, 5.41) is 11.2. The lowest BCUT2D eigenvalue weighted by Crippen LogP contribution is -2.26. The van der Waals surface area contributed by atoms with Crippen molar-refractivity contribution in [2.24, 2.45) is 0 Å². The number of aldehydes is 1. The van der Waals surface area contributed by atoms with Crippen LogP contribution in [-0.4, -0.2) is 34.2 Å². The van der Waals surface area contributed by atoms with E-state index < -0.39 is 12.5 Å². The van der Waals surface area contributed by atoms with Crippen molar-refractivity contribution in [2.75, 3.05) is 6.54 Å². The molecule has 0 aliphatic carbocycles. The molecule has 2 rings (SSSR count). The lowest BCUT2D eigenvalue weighted by atomic mass is 10.2. The Hall–Kier alpha value is -1.57. The molecule has 1 aliphatic rings. The van der Waals surface area contributed by atoms with Gasteiger partial charge in [0.15, 0.2) is 0 Å². The van der Waals surface area contributed by atoms with Crippen molar-refractivity contribution in [1.82, 2.24) is 20.5 Å². The lowest BCUT2D eigenvalue weighted by Gasteiger charge is -2.13. The van der Waals surface area contributed by atoms with Gasteiger partial charge >= 0.3 is 6.18 Å². The maximum absolute atomic E-state index is 10.4. The summed E-state index contributed by atoms with van der Waals surface area (Å²) >= 11 is 0. The molecular weight excluding hydrogens is 237 g/mol. The topological polar surface area (TPSA) is 67.8 Å². The second-order valence-electron chi connectivity index (χ2n) is 3.34. The molecule has 5 nitrogen and oxygen atoms in total. The predicted molar refractivity (Wildman–Crippen MR) is 52.1 cm³/mol. The van der Waals surface area contributed by atoms with Crippen LogP contribution in [0.15, 0.2) is 0 Å². The zero-order valence-corrected chi connectivity index (χ0v) is 9.08. The van der Waals surface area contributed by atoms with Gasteiger partial charge in [-0.1, -0.05) is 0 Å². The summed E-state index contributed by atoms with van der Waals surface area (Å²) in [6.07, 6.45) is -4.72. The van der Waals surface area contributed by atoms with E-state index in [9.17, 15) is 13.2 Å². The van der Waals surface area contributed by atoms with Gasteiger partial charge in [-0.25, -0.2) is 4.98 Å². The van der Waals surface area contributed by atoms with Crippen LogP contribution in [0.25, 0.3) is 0 Å². The second-order valence-corrected chi connectivity index (χ2v) is 3.34. The van der Waals surface area contributed by atoms with Crippen LogP contribution < -0.4 is 5.32 Å². The number of hydrogen-bond donors (Lipinski definition) is 1. The van der Waals surface area contributed by atoms with E-state index in [1.54, 1.807) is 0 Å². The maximum atomic E-state index is 10.4. The Morgan fingerprint density at radius 2 is 1.94 bits per heavy atom. The minimum absolute atomic E-state index is 0.769. The molecule has 0 spiro atoms. The highest BCUT2D eigenvalue weighted by molar-refractivity contribution is 5.56. The minimum Gasteiger partial charge on any atom is -0.311 e. The molecule has 0 atom stereocenters. The van der Waals surface area contributed by atoms with Crippen molar-refractivity contribution in [2.45, 2.75) is 26.1 Å². The average Bonchev–Trinajstić information content (AvgIpc) is 2.29. The van der Waals surface area contributed by atoms with E-state index in [-0.39, 0.29) is 0 Å². The summed E-state index contributed by atoms with van der Waals surface area (Å²) in [7, 11) is 0. The van der Waals surface area contributed by atoms with Crippen LogP contribution in [0.1, 0.15) is 17.2 Å². The number of fused-ring (bicyclic) bond motifs is 1.